The molecule has 3 rings (SSSR count). The Morgan fingerprint density at radius 3 is 2.57 bits per heavy atom. The number of halogens is 5. The van der Waals surface area contributed by atoms with E-state index in [1.807, 2.05) is 0 Å². The molecule has 2 aromatic rings. The molecule has 13 heteroatoms. The number of anilines is 1. The van der Waals surface area contributed by atoms with E-state index in [0.717, 1.165) is 19.1 Å². The monoisotopic (exact) mass is 432 g/mol. The molecule has 0 fully saturated rings. The van der Waals surface area contributed by atoms with Crippen LogP contribution in [-0.4, -0.2) is 50.1 Å². The highest BCUT2D eigenvalue weighted by atomic mass is 19.4. The second-order valence-electron chi connectivity index (χ2n) is 6.84. The molecule has 30 heavy (non-hydrogen) atoms. The molecule has 0 saturated heterocycles. The van der Waals surface area contributed by atoms with E-state index >= 15 is 0 Å². The Labute approximate surface area is 167 Å². The Balaban J connectivity index is 1.77. The van der Waals surface area contributed by atoms with Gasteiger partial charge >= 0.3 is 12.2 Å². The summed E-state index contributed by atoms with van der Waals surface area (Å²) in [6, 6.07) is -0.351. The van der Waals surface area contributed by atoms with Gasteiger partial charge in [0.1, 0.15) is 6.04 Å². The van der Waals surface area contributed by atoms with Crippen molar-refractivity contribution >= 4 is 17.6 Å². The maximum absolute atomic E-state index is 13.3. The lowest BCUT2D eigenvalue weighted by atomic mass is 10.1. The maximum Gasteiger partial charge on any atom is 0.408 e. The number of amides is 3. The first-order valence-corrected chi connectivity index (χ1v) is 8.80. The second-order valence-corrected chi connectivity index (χ2v) is 6.84. The van der Waals surface area contributed by atoms with Crippen LogP contribution in [0.1, 0.15) is 30.0 Å². The number of urea groups is 1. The van der Waals surface area contributed by atoms with Crippen LogP contribution >= 0.6 is 0 Å². The summed E-state index contributed by atoms with van der Waals surface area (Å²) in [4.78, 5) is 26.1. The minimum absolute atomic E-state index is 0.0141. The standard InChI is InChI=1S/C17H17F5N6O2/c1-8-6-28-13(14(25-26-28)15(29)23-9(2)17(20,21)22)7-27(8)16(30)24-10-3-4-11(18)12(19)5-10/h3-5,8-9H,6-7H2,1-2H3,(H,23,29)(H,24,30)/t8-,9-/m0/s1. The van der Waals surface area contributed by atoms with Crippen molar-refractivity contribution in [2.75, 3.05) is 5.32 Å². The molecule has 1 aromatic carbocycles. The minimum Gasteiger partial charge on any atom is -0.339 e. The predicted molar refractivity (Wildman–Crippen MR) is 93.4 cm³/mol. The molecule has 8 nitrogen and oxygen atoms in total. The van der Waals surface area contributed by atoms with Gasteiger partial charge in [0.25, 0.3) is 5.91 Å². The highest BCUT2D eigenvalue weighted by molar-refractivity contribution is 5.94. The number of alkyl halides is 3. The third kappa shape index (κ3) is 4.33. The lowest BCUT2D eigenvalue weighted by Gasteiger charge is -2.33. The molecule has 2 atom stereocenters. The number of carbonyl (C=O) groups excluding carboxylic acids is 2. The van der Waals surface area contributed by atoms with Gasteiger partial charge in [-0.2, -0.15) is 13.2 Å². The summed E-state index contributed by atoms with van der Waals surface area (Å²) in [5, 5.41) is 11.6. The topological polar surface area (TPSA) is 92.2 Å². The molecule has 3 amide bonds. The Bertz CT molecular complexity index is 976. The van der Waals surface area contributed by atoms with Crippen molar-refractivity contribution in [1.82, 2.24) is 25.2 Å². The van der Waals surface area contributed by atoms with Crippen molar-refractivity contribution in [3.8, 4) is 0 Å². The van der Waals surface area contributed by atoms with Crippen molar-refractivity contribution in [2.45, 2.75) is 45.2 Å². The Hall–Kier alpha value is -3.25. The summed E-state index contributed by atoms with van der Waals surface area (Å²) in [7, 11) is 0. The van der Waals surface area contributed by atoms with Crippen molar-refractivity contribution in [3.63, 3.8) is 0 Å². The highest BCUT2D eigenvalue weighted by Crippen LogP contribution is 2.23. The molecule has 1 aliphatic heterocycles. The predicted octanol–water partition coefficient (Wildman–Crippen LogP) is 2.67. The molecular weight excluding hydrogens is 415 g/mol. The van der Waals surface area contributed by atoms with E-state index in [4.69, 9.17) is 0 Å². The van der Waals surface area contributed by atoms with Gasteiger partial charge in [-0.1, -0.05) is 5.21 Å². The molecular formula is C17H17F5N6O2. The summed E-state index contributed by atoms with van der Waals surface area (Å²) >= 11 is 0. The normalized spacial score (nSPS) is 17.3. The number of hydrogen-bond donors (Lipinski definition) is 2. The van der Waals surface area contributed by atoms with Gasteiger partial charge in [0.15, 0.2) is 17.3 Å². The molecule has 0 radical (unpaired) electrons. The number of aromatic nitrogens is 3. The van der Waals surface area contributed by atoms with Crippen LogP contribution in [0.4, 0.5) is 32.4 Å². The average molecular weight is 432 g/mol. The van der Waals surface area contributed by atoms with Gasteiger partial charge in [-0.25, -0.2) is 18.3 Å². The number of nitrogens with one attached hydrogen (secondary N) is 2. The van der Waals surface area contributed by atoms with E-state index < -0.39 is 41.8 Å². The molecule has 1 aliphatic rings. The van der Waals surface area contributed by atoms with Crippen molar-refractivity contribution < 1.29 is 31.5 Å². The molecule has 162 valence electrons. The zero-order valence-electron chi connectivity index (χ0n) is 15.8. The van der Waals surface area contributed by atoms with Gasteiger partial charge < -0.3 is 15.5 Å². The number of rotatable bonds is 3. The number of hydrogen-bond acceptors (Lipinski definition) is 4. The van der Waals surface area contributed by atoms with Crippen LogP contribution in [0.15, 0.2) is 18.2 Å². The summed E-state index contributed by atoms with van der Waals surface area (Å²) in [5.74, 6) is -3.28. The van der Waals surface area contributed by atoms with Gasteiger partial charge in [-0.05, 0) is 26.0 Å². The number of nitrogens with zero attached hydrogens (tertiary/aromatic N) is 4. The first-order chi connectivity index (χ1) is 14.0. The van der Waals surface area contributed by atoms with Gasteiger partial charge in [0.2, 0.25) is 0 Å². The lowest BCUT2D eigenvalue weighted by molar-refractivity contribution is -0.149. The summed E-state index contributed by atoms with van der Waals surface area (Å²) in [6.45, 7) is 2.43. The average Bonchev–Trinajstić information content (AvgIpc) is 3.05. The van der Waals surface area contributed by atoms with E-state index in [-0.39, 0.29) is 30.2 Å². The van der Waals surface area contributed by atoms with Gasteiger partial charge in [0, 0.05) is 11.8 Å². The van der Waals surface area contributed by atoms with Crippen LogP contribution in [0.2, 0.25) is 0 Å². The summed E-state index contributed by atoms with van der Waals surface area (Å²) in [6.07, 6.45) is -4.63. The van der Waals surface area contributed by atoms with Crippen LogP contribution < -0.4 is 10.6 Å². The van der Waals surface area contributed by atoms with E-state index in [1.54, 1.807) is 12.2 Å². The second kappa shape index (κ2) is 7.88. The first-order valence-electron chi connectivity index (χ1n) is 8.80. The first kappa shape index (κ1) is 21.5. The van der Waals surface area contributed by atoms with Crippen LogP contribution in [0.3, 0.4) is 0 Å². The molecule has 0 bridgehead atoms. The molecule has 0 saturated carbocycles. The maximum atomic E-state index is 13.3. The molecule has 0 spiro atoms. The lowest BCUT2D eigenvalue weighted by Crippen LogP contribution is -2.48. The number of carbonyl (C=O) groups is 2. The van der Waals surface area contributed by atoms with E-state index in [1.165, 1.54) is 15.6 Å². The van der Waals surface area contributed by atoms with Crippen LogP contribution in [0.5, 0.6) is 0 Å². The van der Waals surface area contributed by atoms with Crippen molar-refractivity contribution in [2.24, 2.45) is 0 Å². The number of fused-ring (bicyclic) bond motifs is 1. The molecule has 2 heterocycles. The van der Waals surface area contributed by atoms with E-state index in [9.17, 15) is 31.5 Å². The van der Waals surface area contributed by atoms with Crippen molar-refractivity contribution in [3.05, 3.63) is 41.2 Å². The fraction of sp³-hybridized carbons (Fsp3) is 0.412. The Morgan fingerprint density at radius 1 is 1.23 bits per heavy atom. The van der Waals surface area contributed by atoms with Crippen LogP contribution in [-0.2, 0) is 13.1 Å². The fourth-order valence-electron chi connectivity index (χ4n) is 2.87. The van der Waals surface area contributed by atoms with Crippen molar-refractivity contribution in [1.29, 1.82) is 0 Å². The zero-order chi connectivity index (χ0) is 22.2. The smallest absolute Gasteiger partial charge is 0.339 e. The molecule has 1 aromatic heterocycles. The molecule has 2 N–H and O–H groups in total. The Morgan fingerprint density at radius 2 is 1.93 bits per heavy atom. The Kier molecular flexibility index (Phi) is 5.63. The SMILES string of the molecule is C[C@H](NC(=O)c1nnn2c1CN(C(=O)Nc1ccc(F)c(F)c1)[C@@H](C)C2)C(F)(F)F. The molecule has 0 unspecified atom stereocenters. The third-order valence-corrected chi connectivity index (χ3v) is 4.61. The fourth-order valence-corrected chi connectivity index (χ4v) is 2.87. The van der Waals surface area contributed by atoms with Crippen LogP contribution in [0.25, 0.3) is 0 Å². The van der Waals surface area contributed by atoms with Gasteiger partial charge in [-0.3, -0.25) is 4.79 Å². The largest absolute Gasteiger partial charge is 0.408 e. The summed E-state index contributed by atoms with van der Waals surface area (Å²) in [5.41, 5.74) is -0.163. The van der Waals surface area contributed by atoms with E-state index in [2.05, 4.69) is 15.6 Å². The number of benzene rings is 1. The zero-order valence-corrected chi connectivity index (χ0v) is 15.8. The van der Waals surface area contributed by atoms with Gasteiger partial charge in [-0.15, -0.1) is 5.10 Å². The van der Waals surface area contributed by atoms with Gasteiger partial charge in [0.05, 0.1) is 24.8 Å². The highest BCUT2D eigenvalue weighted by Gasteiger charge is 2.39. The molecule has 0 aliphatic carbocycles. The quantitative estimate of drug-likeness (QED) is 0.730. The minimum atomic E-state index is -4.63. The third-order valence-electron chi connectivity index (χ3n) is 4.61. The van der Waals surface area contributed by atoms with E-state index in [0.29, 0.717) is 0 Å². The summed E-state index contributed by atoms with van der Waals surface area (Å²) < 4.78 is 65.8. The van der Waals surface area contributed by atoms with Crippen LogP contribution in [0, 0.1) is 11.6 Å².